The zero-order chi connectivity index (χ0) is 12.6. The van der Waals surface area contributed by atoms with Gasteiger partial charge in [-0.3, -0.25) is 0 Å². The van der Waals surface area contributed by atoms with E-state index in [0.29, 0.717) is 5.92 Å². The molecule has 0 heterocycles. The van der Waals surface area contributed by atoms with E-state index in [0.717, 1.165) is 25.7 Å². The molecule has 0 spiro atoms. The molecule has 0 bridgehead atoms. The summed E-state index contributed by atoms with van der Waals surface area (Å²) in [6.07, 6.45) is 3.46. The Bertz CT molecular complexity index is 161. The van der Waals surface area contributed by atoms with Gasteiger partial charge >= 0.3 is 0 Å². The molecule has 0 aliphatic carbocycles. The third-order valence-corrected chi connectivity index (χ3v) is 3.50. The van der Waals surface area contributed by atoms with E-state index in [2.05, 4.69) is 13.8 Å². The van der Waals surface area contributed by atoms with Crippen molar-refractivity contribution in [1.29, 1.82) is 0 Å². The molecule has 3 N–H and O–H groups in total. The van der Waals surface area contributed by atoms with Gasteiger partial charge in [-0.25, -0.2) is 0 Å². The van der Waals surface area contributed by atoms with Crippen LogP contribution in [0.25, 0.3) is 0 Å². The lowest BCUT2D eigenvalue weighted by Crippen LogP contribution is -2.36. The summed E-state index contributed by atoms with van der Waals surface area (Å²) < 4.78 is 0. The molecular formula is C13H28O3. The largest absolute Gasteiger partial charge is 0.394 e. The molecule has 0 aromatic rings. The van der Waals surface area contributed by atoms with Crippen molar-refractivity contribution in [2.75, 3.05) is 6.61 Å². The first-order chi connectivity index (χ1) is 7.60. The first-order valence-corrected chi connectivity index (χ1v) is 6.57. The van der Waals surface area contributed by atoms with Crippen LogP contribution in [0.4, 0.5) is 0 Å². The predicted molar refractivity (Wildman–Crippen MR) is 66.2 cm³/mol. The topological polar surface area (TPSA) is 60.7 Å². The normalized spacial score (nSPS) is 19.1. The van der Waals surface area contributed by atoms with Gasteiger partial charge < -0.3 is 15.3 Å². The molecule has 98 valence electrons. The lowest BCUT2D eigenvalue weighted by atomic mass is 9.83. The Morgan fingerprint density at radius 1 is 1.00 bits per heavy atom. The molecule has 0 rings (SSSR count). The van der Waals surface area contributed by atoms with Crippen molar-refractivity contribution in [1.82, 2.24) is 0 Å². The lowest BCUT2D eigenvalue weighted by molar-refractivity contribution is -0.0491. The van der Waals surface area contributed by atoms with Crippen LogP contribution in [0, 0.1) is 11.8 Å². The van der Waals surface area contributed by atoms with Crippen LogP contribution in [-0.2, 0) is 0 Å². The molecule has 0 radical (unpaired) electrons. The van der Waals surface area contributed by atoms with Gasteiger partial charge in [0.2, 0.25) is 0 Å². The van der Waals surface area contributed by atoms with Gasteiger partial charge in [-0.15, -0.1) is 0 Å². The Balaban J connectivity index is 4.25. The molecule has 4 atom stereocenters. The van der Waals surface area contributed by atoms with E-state index < -0.39 is 12.2 Å². The number of aliphatic hydroxyl groups excluding tert-OH is 3. The van der Waals surface area contributed by atoms with Gasteiger partial charge in [-0.05, 0) is 18.3 Å². The maximum Gasteiger partial charge on any atom is 0.103 e. The molecule has 0 aromatic carbocycles. The van der Waals surface area contributed by atoms with Crippen LogP contribution in [-0.4, -0.2) is 34.1 Å². The van der Waals surface area contributed by atoms with Crippen LogP contribution in [0.5, 0.6) is 0 Å². The molecule has 0 aromatic heterocycles. The maximum absolute atomic E-state index is 9.88. The van der Waals surface area contributed by atoms with E-state index in [1.807, 2.05) is 6.92 Å². The average Bonchev–Trinajstić information content (AvgIpc) is 2.32. The summed E-state index contributed by atoms with van der Waals surface area (Å²) in [7, 11) is 0. The van der Waals surface area contributed by atoms with Crippen LogP contribution in [0.2, 0.25) is 0 Å². The highest BCUT2D eigenvalue weighted by Gasteiger charge is 2.26. The molecule has 0 aliphatic rings. The molecule has 0 saturated carbocycles. The summed E-state index contributed by atoms with van der Waals surface area (Å²) in [5.41, 5.74) is 0. The highest BCUT2D eigenvalue weighted by Crippen LogP contribution is 2.26. The highest BCUT2D eigenvalue weighted by molar-refractivity contribution is 4.77. The van der Waals surface area contributed by atoms with Crippen molar-refractivity contribution in [2.45, 2.75) is 65.1 Å². The standard InChI is InChI=1S/C13H28O3/c1-4-7-10(5-2)8-11(6-3)13(16)12(15)9-14/h10-16H,4-9H2,1-3H3. The van der Waals surface area contributed by atoms with Gasteiger partial charge in [0, 0.05) is 0 Å². The van der Waals surface area contributed by atoms with Gasteiger partial charge in [0.15, 0.2) is 0 Å². The van der Waals surface area contributed by atoms with E-state index in [4.69, 9.17) is 5.11 Å². The van der Waals surface area contributed by atoms with E-state index >= 15 is 0 Å². The number of hydrogen-bond donors (Lipinski definition) is 3. The van der Waals surface area contributed by atoms with Crippen molar-refractivity contribution < 1.29 is 15.3 Å². The summed E-state index contributed by atoms with van der Waals surface area (Å²) in [5.74, 6) is 0.717. The average molecular weight is 232 g/mol. The van der Waals surface area contributed by atoms with Crippen LogP contribution >= 0.6 is 0 Å². The Kier molecular flexibility index (Phi) is 8.90. The van der Waals surface area contributed by atoms with E-state index in [1.54, 1.807) is 0 Å². The van der Waals surface area contributed by atoms with Crippen molar-refractivity contribution in [3.05, 3.63) is 0 Å². The molecule has 0 amide bonds. The summed E-state index contributed by atoms with van der Waals surface area (Å²) in [6.45, 7) is 6.00. The predicted octanol–water partition coefficient (Wildman–Crippen LogP) is 1.94. The summed E-state index contributed by atoms with van der Waals surface area (Å²) in [5, 5.41) is 28.2. The molecule has 4 unspecified atom stereocenters. The summed E-state index contributed by atoms with van der Waals surface area (Å²) in [6, 6.07) is 0. The minimum absolute atomic E-state index is 0.0960. The Hall–Kier alpha value is -0.120. The second-order valence-electron chi connectivity index (χ2n) is 4.71. The van der Waals surface area contributed by atoms with Gasteiger partial charge in [0.1, 0.15) is 6.10 Å². The summed E-state index contributed by atoms with van der Waals surface area (Å²) >= 11 is 0. The molecule has 0 fully saturated rings. The Labute approximate surface area is 99.5 Å². The van der Waals surface area contributed by atoms with Crippen molar-refractivity contribution in [3.8, 4) is 0 Å². The molecule has 0 saturated heterocycles. The number of rotatable bonds is 9. The van der Waals surface area contributed by atoms with E-state index in [-0.39, 0.29) is 12.5 Å². The quantitative estimate of drug-likeness (QED) is 0.569. The van der Waals surface area contributed by atoms with Gasteiger partial charge in [-0.2, -0.15) is 0 Å². The third-order valence-electron chi connectivity index (χ3n) is 3.50. The molecular weight excluding hydrogens is 204 g/mol. The van der Waals surface area contributed by atoms with Gasteiger partial charge in [0.05, 0.1) is 12.7 Å². The van der Waals surface area contributed by atoms with Crippen molar-refractivity contribution in [3.63, 3.8) is 0 Å². The highest BCUT2D eigenvalue weighted by atomic mass is 16.4. The van der Waals surface area contributed by atoms with E-state index in [9.17, 15) is 10.2 Å². The SMILES string of the molecule is CCCC(CC)CC(CC)C(O)C(O)CO. The van der Waals surface area contributed by atoms with Crippen LogP contribution in [0.1, 0.15) is 52.9 Å². The van der Waals surface area contributed by atoms with Crippen LogP contribution < -0.4 is 0 Å². The Morgan fingerprint density at radius 3 is 2.00 bits per heavy atom. The molecule has 16 heavy (non-hydrogen) atoms. The lowest BCUT2D eigenvalue weighted by Gasteiger charge is -2.28. The van der Waals surface area contributed by atoms with Gasteiger partial charge in [-0.1, -0.05) is 46.5 Å². The van der Waals surface area contributed by atoms with Crippen molar-refractivity contribution in [2.24, 2.45) is 11.8 Å². The van der Waals surface area contributed by atoms with Crippen LogP contribution in [0.15, 0.2) is 0 Å². The fraction of sp³-hybridized carbons (Fsp3) is 1.00. The smallest absolute Gasteiger partial charge is 0.103 e. The fourth-order valence-corrected chi connectivity index (χ4v) is 2.29. The zero-order valence-corrected chi connectivity index (χ0v) is 10.9. The summed E-state index contributed by atoms with van der Waals surface area (Å²) in [4.78, 5) is 0. The molecule has 0 aliphatic heterocycles. The third kappa shape index (κ3) is 5.28. The molecule has 3 heteroatoms. The zero-order valence-electron chi connectivity index (χ0n) is 10.9. The fourth-order valence-electron chi connectivity index (χ4n) is 2.29. The van der Waals surface area contributed by atoms with Crippen LogP contribution in [0.3, 0.4) is 0 Å². The number of aliphatic hydroxyl groups is 3. The first-order valence-electron chi connectivity index (χ1n) is 6.57. The minimum Gasteiger partial charge on any atom is -0.394 e. The minimum atomic E-state index is -0.996. The number of hydrogen-bond acceptors (Lipinski definition) is 3. The first kappa shape index (κ1) is 15.9. The second-order valence-corrected chi connectivity index (χ2v) is 4.71. The second kappa shape index (κ2) is 8.97. The monoisotopic (exact) mass is 232 g/mol. The Morgan fingerprint density at radius 2 is 1.62 bits per heavy atom. The van der Waals surface area contributed by atoms with Gasteiger partial charge in [0.25, 0.3) is 0 Å². The van der Waals surface area contributed by atoms with Crippen molar-refractivity contribution >= 4 is 0 Å². The molecule has 3 nitrogen and oxygen atoms in total. The van der Waals surface area contributed by atoms with E-state index in [1.165, 1.54) is 6.42 Å². The maximum atomic E-state index is 9.88.